The van der Waals surface area contributed by atoms with Gasteiger partial charge in [-0.2, -0.15) is 0 Å². The highest BCUT2D eigenvalue weighted by atomic mass is 16.5. The molecule has 0 N–H and O–H groups in total. The van der Waals surface area contributed by atoms with Crippen LogP contribution in [0.4, 0.5) is 0 Å². The minimum absolute atomic E-state index is 0.330. The molecule has 1 nitrogen and oxygen atoms in total. The molecule has 64 valence electrons. The summed E-state index contributed by atoms with van der Waals surface area (Å²) in [6.07, 6.45) is 1.46. The first-order valence-electron chi connectivity index (χ1n) is 4.44. The summed E-state index contributed by atoms with van der Waals surface area (Å²) in [4.78, 5) is 0. The molecule has 1 aliphatic carbocycles. The minimum atomic E-state index is 0.330. The second kappa shape index (κ2) is 2.91. The molecule has 2 unspecified atom stereocenters. The molecule has 0 amide bonds. The Morgan fingerprint density at radius 3 is 2.58 bits per heavy atom. The van der Waals surface area contributed by atoms with Crippen LogP contribution in [0.15, 0.2) is 24.3 Å². The zero-order valence-corrected chi connectivity index (χ0v) is 7.58. The highest BCUT2D eigenvalue weighted by Crippen LogP contribution is 2.41. The smallest absolute Gasteiger partial charge is 0.0829 e. The molecule has 0 bridgehead atoms. The van der Waals surface area contributed by atoms with Crippen LogP contribution in [-0.2, 0) is 4.74 Å². The standard InChI is InChI=1S/C11H14O/c1-8-7-11(12-2)10-6-4-3-5-9(8)10/h3-6,8,11H,7H2,1-2H3. The molecule has 0 spiro atoms. The van der Waals surface area contributed by atoms with Gasteiger partial charge in [0.05, 0.1) is 6.10 Å². The summed E-state index contributed by atoms with van der Waals surface area (Å²) in [5.74, 6) is 0.658. The summed E-state index contributed by atoms with van der Waals surface area (Å²) < 4.78 is 5.41. The van der Waals surface area contributed by atoms with E-state index in [1.165, 1.54) is 11.1 Å². The van der Waals surface area contributed by atoms with Crippen LogP contribution >= 0.6 is 0 Å². The number of hydrogen-bond acceptors (Lipinski definition) is 1. The zero-order valence-electron chi connectivity index (χ0n) is 7.58. The number of methoxy groups -OCH3 is 1. The molecule has 1 aromatic carbocycles. The molecule has 1 heteroatoms. The number of hydrogen-bond donors (Lipinski definition) is 0. The van der Waals surface area contributed by atoms with Gasteiger partial charge in [-0.25, -0.2) is 0 Å². The lowest BCUT2D eigenvalue weighted by molar-refractivity contribution is 0.101. The first-order chi connectivity index (χ1) is 5.83. The van der Waals surface area contributed by atoms with Gasteiger partial charge in [-0.15, -0.1) is 0 Å². The van der Waals surface area contributed by atoms with Gasteiger partial charge in [-0.3, -0.25) is 0 Å². The van der Waals surface area contributed by atoms with Crippen LogP contribution in [-0.4, -0.2) is 7.11 Å². The molecule has 2 rings (SSSR count). The van der Waals surface area contributed by atoms with Crippen LogP contribution < -0.4 is 0 Å². The fourth-order valence-corrected chi connectivity index (χ4v) is 2.05. The molecular formula is C11H14O. The van der Waals surface area contributed by atoms with Crippen LogP contribution in [0.2, 0.25) is 0 Å². The van der Waals surface area contributed by atoms with E-state index in [0.717, 1.165) is 6.42 Å². The Balaban J connectivity index is 2.43. The Labute approximate surface area is 73.4 Å². The summed E-state index contributed by atoms with van der Waals surface area (Å²) >= 11 is 0. The van der Waals surface area contributed by atoms with E-state index in [-0.39, 0.29) is 0 Å². The SMILES string of the molecule is COC1CC(C)c2ccccc21. The summed E-state index contributed by atoms with van der Waals surface area (Å²) in [7, 11) is 1.79. The molecule has 0 radical (unpaired) electrons. The van der Waals surface area contributed by atoms with Crippen molar-refractivity contribution in [2.75, 3.05) is 7.11 Å². The number of fused-ring (bicyclic) bond motifs is 1. The quantitative estimate of drug-likeness (QED) is 0.617. The third-order valence-electron chi connectivity index (χ3n) is 2.73. The summed E-state index contributed by atoms with van der Waals surface area (Å²) in [5, 5.41) is 0. The van der Waals surface area contributed by atoms with Gasteiger partial charge < -0.3 is 4.74 Å². The molecule has 0 fully saturated rings. The average Bonchev–Trinajstić information content (AvgIpc) is 2.44. The Bertz CT molecular complexity index is 280. The number of rotatable bonds is 1. The normalized spacial score (nSPS) is 27.2. The second-order valence-electron chi connectivity index (χ2n) is 3.49. The van der Waals surface area contributed by atoms with Crippen molar-refractivity contribution in [2.45, 2.75) is 25.4 Å². The summed E-state index contributed by atoms with van der Waals surface area (Å²) in [6.45, 7) is 2.26. The van der Waals surface area contributed by atoms with E-state index in [4.69, 9.17) is 4.74 Å². The van der Waals surface area contributed by atoms with E-state index >= 15 is 0 Å². The lowest BCUT2D eigenvalue weighted by Crippen LogP contribution is -1.94. The topological polar surface area (TPSA) is 9.23 Å². The van der Waals surface area contributed by atoms with Gasteiger partial charge in [0.25, 0.3) is 0 Å². The molecule has 12 heavy (non-hydrogen) atoms. The van der Waals surface area contributed by atoms with E-state index < -0.39 is 0 Å². The van der Waals surface area contributed by atoms with Crippen molar-refractivity contribution in [2.24, 2.45) is 0 Å². The summed E-state index contributed by atoms with van der Waals surface area (Å²) in [5.41, 5.74) is 2.84. The van der Waals surface area contributed by atoms with Crippen molar-refractivity contribution in [3.05, 3.63) is 35.4 Å². The van der Waals surface area contributed by atoms with Crippen molar-refractivity contribution < 1.29 is 4.74 Å². The maximum absolute atomic E-state index is 5.41. The monoisotopic (exact) mass is 162 g/mol. The molecule has 0 aliphatic heterocycles. The van der Waals surface area contributed by atoms with E-state index in [2.05, 4.69) is 31.2 Å². The maximum Gasteiger partial charge on any atom is 0.0829 e. The molecule has 0 saturated heterocycles. The highest BCUT2D eigenvalue weighted by Gasteiger charge is 2.26. The first kappa shape index (κ1) is 7.81. The van der Waals surface area contributed by atoms with E-state index in [0.29, 0.717) is 12.0 Å². The van der Waals surface area contributed by atoms with E-state index in [9.17, 15) is 0 Å². The lowest BCUT2D eigenvalue weighted by atomic mass is 10.0. The van der Waals surface area contributed by atoms with Gasteiger partial charge in [-0.05, 0) is 23.5 Å². The van der Waals surface area contributed by atoms with Crippen molar-refractivity contribution in [1.82, 2.24) is 0 Å². The minimum Gasteiger partial charge on any atom is -0.377 e. The van der Waals surface area contributed by atoms with Crippen molar-refractivity contribution in [3.63, 3.8) is 0 Å². The van der Waals surface area contributed by atoms with Gasteiger partial charge in [0.1, 0.15) is 0 Å². The van der Waals surface area contributed by atoms with Crippen LogP contribution in [0.1, 0.15) is 36.5 Å². The van der Waals surface area contributed by atoms with Gasteiger partial charge in [0, 0.05) is 7.11 Å². The van der Waals surface area contributed by atoms with Crippen molar-refractivity contribution in [3.8, 4) is 0 Å². The predicted octanol–water partition coefficient (Wildman–Crippen LogP) is 2.88. The predicted molar refractivity (Wildman–Crippen MR) is 49.2 cm³/mol. The number of benzene rings is 1. The van der Waals surface area contributed by atoms with Gasteiger partial charge in [0.2, 0.25) is 0 Å². The zero-order chi connectivity index (χ0) is 8.55. The molecule has 0 saturated carbocycles. The van der Waals surface area contributed by atoms with Crippen LogP contribution in [0.3, 0.4) is 0 Å². The third-order valence-corrected chi connectivity index (χ3v) is 2.73. The van der Waals surface area contributed by atoms with E-state index in [1.54, 1.807) is 7.11 Å². The summed E-state index contributed by atoms with van der Waals surface area (Å²) in [6, 6.07) is 8.57. The second-order valence-corrected chi connectivity index (χ2v) is 3.49. The largest absolute Gasteiger partial charge is 0.377 e. The maximum atomic E-state index is 5.41. The molecular weight excluding hydrogens is 148 g/mol. The fourth-order valence-electron chi connectivity index (χ4n) is 2.05. The van der Waals surface area contributed by atoms with Crippen molar-refractivity contribution in [1.29, 1.82) is 0 Å². The fraction of sp³-hybridized carbons (Fsp3) is 0.455. The first-order valence-corrected chi connectivity index (χ1v) is 4.44. The van der Waals surface area contributed by atoms with Crippen molar-refractivity contribution >= 4 is 0 Å². The Morgan fingerprint density at radius 2 is 1.92 bits per heavy atom. The van der Waals surface area contributed by atoms with Crippen LogP contribution in [0, 0.1) is 0 Å². The van der Waals surface area contributed by atoms with Gasteiger partial charge in [0.15, 0.2) is 0 Å². The molecule has 0 aromatic heterocycles. The average molecular weight is 162 g/mol. The molecule has 1 aromatic rings. The van der Waals surface area contributed by atoms with Crippen LogP contribution in [0.25, 0.3) is 0 Å². The highest BCUT2D eigenvalue weighted by molar-refractivity contribution is 5.36. The Hall–Kier alpha value is -0.820. The molecule has 2 atom stereocenters. The lowest BCUT2D eigenvalue weighted by Gasteiger charge is -2.07. The van der Waals surface area contributed by atoms with Crippen LogP contribution in [0.5, 0.6) is 0 Å². The van der Waals surface area contributed by atoms with E-state index in [1.807, 2.05) is 0 Å². The molecule has 1 aliphatic rings. The Morgan fingerprint density at radius 1 is 1.25 bits per heavy atom. The third kappa shape index (κ3) is 1.05. The van der Waals surface area contributed by atoms with Gasteiger partial charge >= 0.3 is 0 Å². The number of ether oxygens (including phenoxy) is 1. The Kier molecular flexibility index (Phi) is 1.89. The van der Waals surface area contributed by atoms with Gasteiger partial charge in [-0.1, -0.05) is 31.2 Å². The molecule has 0 heterocycles.